The van der Waals surface area contributed by atoms with Gasteiger partial charge in [-0.3, -0.25) is 10.1 Å². The molecular formula is C15H30N2O2. The summed E-state index contributed by atoms with van der Waals surface area (Å²) in [5.41, 5.74) is -0.591. The molecule has 1 aliphatic heterocycles. The zero-order valence-electron chi connectivity index (χ0n) is 13.2. The smallest absolute Gasteiger partial charge is 0.326 e. The molecule has 2 atom stereocenters. The number of nitrogens with zero attached hydrogens (tertiary/aromatic N) is 1. The number of esters is 1. The number of carbonyl (C=O) groups is 1. The van der Waals surface area contributed by atoms with Gasteiger partial charge in [0.25, 0.3) is 0 Å². The van der Waals surface area contributed by atoms with Gasteiger partial charge in [-0.25, -0.2) is 0 Å². The maximum Gasteiger partial charge on any atom is 0.326 e. The fourth-order valence-corrected chi connectivity index (χ4v) is 3.03. The number of carbonyl (C=O) groups excluding carboxylic acids is 1. The van der Waals surface area contributed by atoms with Crippen molar-refractivity contribution in [2.24, 2.45) is 0 Å². The van der Waals surface area contributed by atoms with E-state index in [9.17, 15) is 4.79 Å². The molecule has 0 bridgehead atoms. The summed E-state index contributed by atoms with van der Waals surface area (Å²) >= 11 is 0. The van der Waals surface area contributed by atoms with Crippen LogP contribution < -0.4 is 5.32 Å². The molecule has 1 fully saturated rings. The minimum Gasteiger partial charge on any atom is -0.465 e. The van der Waals surface area contributed by atoms with Crippen molar-refractivity contribution in [2.75, 3.05) is 19.7 Å². The molecule has 0 amide bonds. The van der Waals surface area contributed by atoms with E-state index in [2.05, 4.69) is 31.0 Å². The van der Waals surface area contributed by atoms with E-state index in [1.165, 1.54) is 12.8 Å². The van der Waals surface area contributed by atoms with Crippen LogP contribution in [0.25, 0.3) is 0 Å². The predicted octanol–water partition coefficient (Wildman–Crippen LogP) is 2.18. The molecule has 19 heavy (non-hydrogen) atoms. The Hall–Kier alpha value is -0.610. The molecule has 0 aromatic rings. The van der Waals surface area contributed by atoms with Crippen molar-refractivity contribution in [3.05, 3.63) is 0 Å². The second kappa shape index (κ2) is 7.25. The highest BCUT2D eigenvalue weighted by Gasteiger charge is 2.38. The molecule has 1 aliphatic rings. The number of likely N-dealkylation sites (tertiary alicyclic amines) is 1. The molecule has 0 saturated carbocycles. The summed E-state index contributed by atoms with van der Waals surface area (Å²) in [6.07, 6.45) is 3.35. The Balaban J connectivity index is 2.69. The van der Waals surface area contributed by atoms with Crippen LogP contribution >= 0.6 is 0 Å². The summed E-state index contributed by atoms with van der Waals surface area (Å²) in [5.74, 6) is -0.130. The highest BCUT2D eigenvalue weighted by atomic mass is 16.5. The van der Waals surface area contributed by atoms with E-state index in [1.807, 2.05) is 13.8 Å². The van der Waals surface area contributed by atoms with Crippen LogP contribution in [0.1, 0.15) is 53.9 Å². The summed E-state index contributed by atoms with van der Waals surface area (Å²) in [6, 6.07) is 0.670. The molecule has 4 nitrogen and oxygen atoms in total. The van der Waals surface area contributed by atoms with Crippen LogP contribution in [-0.2, 0) is 9.53 Å². The first-order chi connectivity index (χ1) is 8.89. The van der Waals surface area contributed by atoms with Crippen molar-refractivity contribution in [1.29, 1.82) is 0 Å². The fraction of sp³-hybridized carbons (Fsp3) is 0.933. The molecule has 1 rings (SSSR count). The normalized spacial score (nSPS) is 21.4. The highest BCUT2D eigenvalue weighted by Crippen LogP contribution is 2.22. The summed E-state index contributed by atoms with van der Waals surface area (Å²) in [5, 5.41) is 3.39. The Morgan fingerprint density at radius 2 is 1.89 bits per heavy atom. The van der Waals surface area contributed by atoms with E-state index in [-0.39, 0.29) is 12.0 Å². The average molecular weight is 270 g/mol. The minimum atomic E-state index is -0.591. The second-order valence-corrected chi connectivity index (χ2v) is 6.15. The lowest BCUT2D eigenvalue weighted by molar-refractivity contribution is -0.151. The number of rotatable bonds is 7. The van der Waals surface area contributed by atoms with Gasteiger partial charge < -0.3 is 9.64 Å². The lowest BCUT2D eigenvalue weighted by Crippen LogP contribution is -2.56. The molecule has 0 radical (unpaired) electrons. The summed E-state index contributed by atoms with van der Waals surface area (Å²) < 4.78 is 5.25. The Bertz CT molecular complexity index is 288. The van der Waals surface area contributed by atoms with Gasteiger partial charge in [0.1, 0.15) is 5.54 Å². The Morgan fingerprint density at radius 3 is 2.37 bits per heavy atom. The van der Waals surface area contributed by atoms with Crippen molar-refractivity contribution in [3.8, 4) is 0 Å². The zero-order chi connectivity index (χ0) is 14.5. The van der Waals surface area contributed by atoms with E-state index in [0.717, 1.165) is 19.5 Å². The van der Waals surface area contributed by atoms with Gasteiger partial charge in [0.05, 0.1) is 6.61 Å². The van der Waals surface area contributed by atoms with Crippen LogP contribution in [0.3, 0.4) is 0 Å². The Kier molecular flexibility index (Phi) is 6.27. The molecule has 4 heteroatoms. The first kappa shape index (κ1) is 16.4. The topological polar surface area (TPSA) is 41.6 Å². The lowest BCUT2D eigenvalue weighted by Gasteiger charge is -2.35. The maximum atomic E-state index is 12.2. The van der Waals surface area contributed by atoms with Gasteiger partial charge in [-0.2, -0.15) is 0 Å². The van der Waals surface area contributed by atoms with Crippen LogP contribution in [0.15, 0.2) is 0 Å². The SMILES string of the molecule is CCOC(=O)C(C)(CC(C)N1CCCC1)NC(C)C. The van der Waals surface area contributed by atoms with Gasteiger partial charge in [0.15, 0.2) is 0 Å². The molecular weight excluding hydrogens is 240 g/mol. The van der Waals surface area contributed by atoms with E-state index >= 15 is 0 Å². The van der Waals surface area contributed by atoms with Crippen molar-refractivity contribution in [3.63, 3.8) is 0 Å². The third-order valence-electron chi connectivity index (χ3n) is 3.80. The van der Waals surface area contributed by atoms with E-state index in [4.69, 9.17) is 4.74 Å². The Morgan fingerprint density at radius 1 is 1.32 bits per heavy atom. The first-order valence-electron chi connectivity index (χ1n) is 7.58. The molecule has 1 saturated heterocycles. The monoisotopic (exact) mass is 270 g/mol. The third-order valence-corrected chi connectivity index (χ3v) is 3.80. The van der Waals surface area contributed by atoms with Crippen LogP contribution in [0, 0.1) is 0 Å². The molecule has 0 aromatic carbocycles. The third kappa shape index (κ3) is 4.77. The lowest BCUT2D eigenvalue weighted by atomic mass is 9.92. The largest absolute Gasteiger partial charge is 0.465 e. The molecule has 0 aromatic heterocycles. The van der Waals surface area contributed by atoms with Crippen LogP contribution in [0.5, 0.6) is 0 Å². The number of hydrogen-bond acceptors (Lipinski definition) is 4. The number of ether oxygens (including phenoxy) is 1. The van der Waals surface area contributed by atoms with Gasteiger partial charge in [0, 0.05) is 12.1 Å². The van der Waals surface area contributed by atoms with E-state index < -0.39 is 5.54 Å². The number of nitrogens with one attached hydrogen (secondary N) is 1. The van der Waals surface area contributed by atoms with Crippen molar-refractivity contribution in [2.45, 2.75) is 71.5 Å². The second-order valence-electron chi connectivity index (χ2n) is 6.15. The van der Waals surface area contributed by atoms with Crippen LogP contribution in [0.4, 0.5) is 0 Å². The molecule has 2 unspecified atom stereocenters. The highest BCUT2D eigenvalue weighted by molar-refractivity contribution is 5.80. The molecule has 0 aliphatic carbocycles. The predicted molar refractivity (Wildman–Crippen MR) is 78.2 cm³/mol. The first-order valence-corrected chi connectivity index (χ1v) is 7.58. The van der Waals surface area contributed by atoms with Gasteiger partial charge in [-0.1, -0.05) is 0 Å². The summed E-state index contributed by atoms with van der Waals surface area (Å²) in [6.45, 7) is 12.9. The van der Waals surface area contributed by atoms with E-state index in [0.29, 0.717) is 12.6 Å². The average Bonchev–Trinajstić information content (AvgIpc) is 2.81. The van der Waals surface area contributed by atoms with Gasteiger partial charge in [-0.05, 0) is 67.0 Å². The Labute approximate surface area is 117 Å². The number of hydrogen-bond donors (Lipinski definition) is 1. The quantitative estimate of drug-likeness (QED) is 0.720. The van der Waals surface area contributed by atoms with Crippen molar-refractivity contribution >= 4 is 5.97 Å². The molecule has 1 heterocycles. The summed E-state index contributed by atoms with van der Waals surface area (Å²) in [4.78, 5) is 14.7. The zero-order valence-corrected chi connectivity index (χ0v) is 13.2. The maximum absolute atomic E-state index is 12.2. The molecule has 112 valence electrons. The van der Waals surface area contributed by atoms with Gasteiger partial charge in [0.2, 0.25) is 0 Å². The van der Waals surface area contributed by atoms with Crippen LogP contribution in [-0.4, -0.2) is 48.2 Å². The standard InChI is InChI=1S/C15H30N2O2/c1-6-19-14(18)15(5,16-12(2)3)11-13(4)17-9-7-8-10-17/h12-13,16H,6-11H2,1-5H3. The molecule has 0 spiro atoms. The minimum absolute atomic E-state index is 0.130. The molecule has 1 N–H and O–H groups in total. The van der Waals surface area contributed by atoms with Crippen LogP contribution in [0.2, 0.25) is 0 Å². The van der Waals surface area contributed by atoms with Crippen molar-refractivity contribution in [1.82, 2.24) is 10.2 Å². The summed E-state index contributed by atoms with van der Waals surface area (Å²) in [7, 11) is 0. The van der Waals surface area contributed by atoms with E-state index in [1.54, 1.807) is 0 Å². The van der Waals surface area contributed by atoms with Gasteiger partial charge >= 0.3 is 5.97 Å². The fourth-order valence-electron chi connectivity index (χ4n) is 3.03. The van der Waals surface area contributed by atoms with Gasteiger partial charge in [-0.15, -0.1) is 0 Å². The van der Waals surface area contributed by atoms with Crippen molar-refractivity contribution < 1.29 is 9.53 Å².